The Morgan fingerprint density at radius 2 is 2.14 bits per heavy atom. The lowest BCUT2D eigenvalue weighted by atomic mass is 10.2. The Labute approximate surface area is 124 Å². The molecule has 0 bridgehead atoms. The average Bonchev–Trinajstić information content (AvgIpc) is 2.41. The normalized spacial score (nSPS) is 11.3. The molecule has 0 atom stereocenters. The van der Waals surface area contributed by atoms with Gasteiger partial charge in [-0.3, -0.25) is 0 Å². The van der Waals surface area contributed by atoms with E-state index in [1.54, 1.807) is 0 Å². The van der Waals surface area contributed by atoms with Crippen molar-refractivity contribution in [2.24, 2.45) is 0 Å². The first-order chi connectivity index (χ1) is 9.86. The Morgan fingerprint density at radius 3 is 2.71 bits per heavy atom. The quantitative estimate of drug-likeness (QED) is 0.603. The monoisotopic (exact) mass is 315 g/mol. The minimum atomic E-state index is -3.93. The van der Waals surface area contributed by atoms with Gasteiger partial charge in [0.2, 0.25) is 10.0 Å². The first kappa shape index (κ1) is 17.6. The molecule has 0 radical (unpaired) electrons. The van der Waals surface area contributed by atoms with E-state index in [9.17, 15) is 12.8 Å². The molecule has 0 heterocycles. The van der Waals surface area contributed by atoms with Crippen LogP contribution in [-0.2, 0) is 14.8 Å². The number of nitrogens with one attached hydrogen (secondary N) is 1. The molecule has 0 saturated carbocycles. The lowest BCUT2D eigenvalue weighted by Gasteiger charge is -2.10. The van der Waals surface area contributed by atoms with Crippen LogP contribution in [0.4, 0.5) is 4.39 Å². The summed E-state index contributed by atoms with van der Waals surface area (Å²) in [7, 11) is -3.93. The largest absolute Gasteiger partial charge is 0.384 e. The van der Waals surface area contributed by atoms with Gasteiger partial charge < -0.3 is 9.84 Å². The zero-order chi connectivity index (χ0) is 15.9. The summed E-state index contributed by atoms with van der Waals surface area (Å²) in [6.07, 6.45) is -0.00405. The van der Waals surface area contributed by atoms with Crippen molar-refractivity contribution in [2.45, 2.75) is 24.8 Å². The van der Waals surface area contributed by atoms with Crippen molar-refractivity contribution in [3.8, 4) is 11.8 Å². The Hall–Kier alpha value is -1.46. The highest BCUT2D eigenvalue weighted by Gasteiger charge is 2.18. The minimum Gasteiger partial charge on any atom is -0.384 e. The van der Waals surface area contributed by atoms with Crippen molar-refractivity contribution in [3.05, 3.63) is 29.6 Å². The van der Waals surface area contributed by atoms with E-state index in [4.69, 9.17) is 9.84 Å². The van der Waals surface area contributed by atoms with Crippen LogP contribution in [0.3, 0.4) is 0 Å². The smallest absolute Gasteiger partial charge is 0.243 e. The maximum absolute atomic E-state index is 13.8. The highest BCUT2D eigenvalue weighted by atomic mass is 32.2. The molecule has 21 heavy (non-hydrogen) atoms. The maximum atomic E-state index is 13.8. The number of aliphatic hydroxyl groups is 1. The Morgan fingerprint density at radius 1 is 1.43 bits per heavy atom. The number of ether oxygens (including phenoxy) is 1. The minimum absolute atomic E-state index is 0.00405. The van der Waals surface area contributed by atoms with Gasteiger partial charge in [0.25, 0.3) is 0 Å². The molecule has 2 N–H and O–H groups in total. The molecule has 1 rings (SSSR count). The molecule has 0 amide bonds. The number of hydrogen-bond donors (Lipinski definition) is 2. The van der Waals surface area contributed by atoms with E-state index >= 15 is 0 Å². The fourth-order valence-corrected chi connectivity index (χ4v) is 2.56. The van der Waals surface area contributed by atoms with Gasteiger partial charge in [-0.1, -0.05) is 11.8 Å². The molecule has 5 nitrogen and oxygen atoms in total. The van der Waals surface area contributed by atoms with E-state index in [0.29, 0.717) is 5.56 Å². The summed E-state index contributed by atoms with van der Waals surface area (Å²) in [6, 6.07) is 3.54. The highest BCUT2D eigenvalue weighted by Crippen LogP contribution is 2.15. The third kappa shape index (κ3) is 5.81. The average molecular weight is 315 g/mol. The SMILES string of the molecule is CC(C)OCCNS(=O)(=O)c1ccc(C#CCO)cc1F. The molecule has 0 spiro atoms. The number of sulfonamides is 1. The molecule has 1 aromatic carbocycles. The Balaban J connectivity index is 2.79. The van der Waals surface area contributed by atoms with Gasteiger partial charge in [-0.05, 0) is 32.0 Å². The van der Waals surface area contributed by atoms with Crippen LogP contribution in [0.2, 0.25) is 0 Å². The van der Waals surface area contributed by atoms with E-state index in [-0.39, 0.29) is 25.9 Å². The van der Waals surface area contributed by atoms with Crippen molar-refractivity contribution in [3.63, 3.8) is 0 Å². The number of benzene rings is 1. The predicted molar refractivity (Wildman–Crippen MR) is 76.6 cm³/mol. The fraction of sp³-hybridized carbons (Fsp3) is 0.429. The van der Waals surface area contributed by atoms with Crippen molar-refractivity contribution >= 4 is 10.0 Å². The first-order valence-corrected chi connectivity index (χ1v) is 7.85. The molecule has 1 aromatic rings. The summed E-state index contributed by atoms with van der Waals surface area (Å²) in [5.41, 5.74) is 0.295. The summed E-state index contributed by atoms with van der Waals surface area (Å²) in [6.45, 7) is 3.59. The predicted octanol–water partition coefficient (Wildman–Crippen LogP) is 0.873. The summed E-state index contributed by atoms with van der Waals surface area (Å²) in [5.74, 6) is 3.97. The van der Waals surface area contributed by atoms with Gasteiger partial charge in [-0.15, -0.1) is 0 Å². The van der Waals surface area contributed by atoms with Crippen LogP contribution in [0.15, 0.2) is 23.1 Å². The van der Waals surface area contributed by atoms with Crippen LogP contribution in [0.5, 0.6) is 0 Å². The second-order valence-electron chi connectivity index (χ2n) is 4.42. The molecule has 0 unspecified atom stereocenters. The third-order valence-corrected chi connectivity index (χ3v) is 3.87. The summed E-state index contributed by atoms with van der Waals surface area (Å²) in [4.78, 5) is -0.443. The molecule has 0 fully saturated rings. The van der Waals surface area contributed by atoms with Gasteiger partial charge in [0.05, 0.1) is 12.7 Å². The van der Waals surface area contributed by atoms with Crippen LogP contribution in [0.1, 0.15) is 19.4 Å². The van der Waals surface area contributed by atoms with Crippen LogP contribution < -0.4 is 4.72 Å². The van der Waals surface area contributed by atoms with E-state index in [1.165, 1.54) is 6.07 Å². The zero-order valence-corrected chi connectivity index (χ0v) is 12.7. The van der Waals surface area contributed by atoms with Crippen molar-refractivity contribution in [2.75, 3.05) is 19.8 Å². The molecule has 0 aliphatic rings. The lowest BCUT2D eigenvalue weighted by molar-refractivity contribution is 0.0834. The highest BCUT2D eigenvalue weighted by molar-refractivity contribution is 7.89. The van der Waals surface area contributed by atoms with Crippen LogP contribution in [0.25, 0.3) is 0 Å². The van der Waals surface area contributed by atoms with Gasteiger partial charge in [0.15, 0.2) is 0 Å². The lowest BCUT2D eigenvalue weighted by Crippen LogP contribution is -2.28. The topological polar surface area (TPSA) is 75.6 Å². The van der Waals surface area contributed by atoms with Gasteiger partial charge in [0, 0.05) is 12.1 Å². The Bertz CT molecular complexity index is 632. The second kappa shape index (κ2) is 8.10. The van der Waals surface area contributed by atoms with Crippen LogP contribution in [0, 0.1) is 17.7 Å². The molecule has 0 saturated heterocycles. The summed E-state index contributed by atoms with van der Waals surface area (Å²) in [5, 5.41) is 8.56. The van der Waals surface area contributed by atoms with Gasteiger partial charge >= 0.3 is 0 Å². The van der Waals surface area contributed by atoms with E-state index < -0.39 is 20.7 Å². The number of aliphatic hydroxyl groups excluding tert-OH is 1. The fourth-order valence-electron chi connectivity index (χ4n) is 1.49. The van der Waals surface area contributed by atoms with Crippen LogP contribution >= 0.6 is 0 Å². The molecule has 116 valence electrons. The molecule has 7 heteroatoms. The van der Waals surface area contributed by atoms with Crippen LogP contribution in [-0.4, -0.2) is 39.4 Å². The van der Waals surface area contributed by atoms with E-state index in [0.717, 1.165) is 12.1 Å². The molecule has 0 aliphatic heterocycles. The number of hydrogen-bond acceptors (Lipinski definition) is 4. The van der Waals surface area contributed by atoms with Gasteiger partial charge in [-0.25, -0.2) is 17.5 Å². The molecular formula is C14H18FNO4S. The van der Waals surface area contributed by atoms with E-state index in [2.05, 4.69) is 16.6 Å². The van der Waals surface area contributed by atoms with Crippen molar-refractivity contribution in [1.29, 1.82) is 0 Å². The molecule has 0 aromatic heterocycles. The van der Waals surface area contributed by atoms with E-state index in [1.807, 2.05) is 13.8 Å². The summed E-state index contributed by atoms with van der Waals surface area (Å²) >= 11 is 0. The molecule has 0 aliphatic carbocycles. The number of halogens is 1. The summed E-state index contributed by atoms with van der Waals surface area (Å²) < 4.78 is 45.2. The standard InChI is InChI=1S/C14H18FNO4S/c1-11(2)20-9-7-16-21(18,19)14-6-5-12(4-3-8-17)10-13(14)15/h5-6,10-11,16-17H,7-9H2,1-2H3. The van der Waals surface area contributed by atoms with Gasteiger partial charge in [0.1, 0.15) is 17.3 Å². The zero-order valence-electron chi connectivity index (χ0n) is 11.9. The Kier molecular flexibility index (Phi) is 6.78. The third-order valence-electron chi connectivity index (χ3n) is 2.38. The first-order valence-electron chi connectivity index (χ1n) is 6.37. The van der Waals surface area contributed by atoms with Gasteiger partial charge in [-0.2, -0.15) is 0 Å². The van der Waals surface area contributed by atoms with Crippen molar-refractivity contribution < 1.29 is 22.7 Å². The molecular weight excluding hydrogens is 297 g/mol. The van der Waals surface area contributed by atoms with Crippen molar-refractivity contribution in [1.82, 2.24) is 4.72 Å². The second-order valence-corrected chi connectivity index (χ2v) is 6.16. The number of rotatable bonds is 6. The maximum Gasteiger partial charge on any atom is 0.243 e.